The highest BCUT2D eigenvalue weighted by molar-refractivity contribution is 5.45. The molecule has 1 aliphatic rings. The van der Waals surface area contributed by atoms with Crippen molar-refractivity contribution in [3.05, 3.63) is 23.3 Å². The summed E-state index contributed by atoms with van der Waals surface area (Å²) in [6.45, 7) is 5.50. The van der Waals surface area contributed by atoms with Crippen molar-refractivity contribution in [3.8, 4) is 11.5 Å². The minimum absolute atomic E-state index is 0.267. The van der Waals surface area contributed by atoms with Crippen LogP contribution in [0.4, 0.5) is 0 Å². The van der Waals surface area contributed by atoms with Crippen LogP contribution in [0.15, 0.2) is 12.1 Å². The molecule has 0 saturated carbocycles. The molecule has 16 heavy (non-hydrogen) atoms. The molecule has 88 valence electrons. The Morgan fingerprint density at radius 1 is 1.31 bits per heavy atom. The van der Waals surface area contributed by atoms with E-state index >= 15 is 0 Å². The van der Waals surface area contributed by atoms with Crippen LogP contribution in [-0.4, -0.2) is 24.4 Å². The largest absolute Gasteiger partial charge is 0.508 e. The molecule has 0 aliphatic carbocycles. The Hall–Kier alpha value is -1.22. The molecule has 3 heteroatoms. The van der Waals surface area contributed by atoms with Crippen molar-refractivity contribution in [3.63, 3.8) is 0 Å². The number of rotatable bonds is 5. The van der Waals surface area contributed by atoms with Crippen LogP contribution in [0.25, 0.3) is 0 Å². The van der Waals surface area contributed by atoms with E-state index in [-0.39, 0.29) is 6.10 Å². The van der Waals surface area contributed by atoms with Crippen LogP contribution < -0.4 is 4.74 Å². The SMILES string of the molecule is CCc1cc(OCC2CO2)c(CC)cc1O. The first-order chi connectivity index (χ1) is 7.74. The molecule has 0 bridgehead atoms. The first kappa shape index (κ1) is 11.3. The molecule has 1 N–H and O–H groups in total. The number of aromatic hydroxyl groups is 1. The van der Waals surface area contributed by atoms with E-state index in [9.17, 15) is 5.11 Å². The molecule has 0 amide bonds. The van der Waals surface area contributed by atoms with Crippen LogP contribution in [0.3, 0.4) is 0 Å². The summed E-state index contributed by atoms with van der Waals surface area (Å²) >= 11 is 0. The van der Waals surface area contributed by atoms with E-state index in [1.165, 1.54) is 0 Å². The van der Waals surface area contributed by atoms with Gasteiger partial charge in [-0.15, -0.1) is 0 Å². The summed E-state index contributed by atoms with van der Waals surface area (Å²) in [5, 5.41) is 9.76. The molecule has 0 spiro atoms. The lowest BCUT2D eigenvalue weighted by Crippen LogP contribution is -2.06. The Labute approximate surface area is 96.0 Å². The van der Waals surface area contributed by atoms with Gasteiger partial charge in [-0.05, 0) is 36.1 Å². The number of hydrogen-bond donors (Lipinski definition) is 1. The standard InChI is InChI=1S/C13H18O3/c1-3-9-6-13(16-8-11-7-15-11)10(4-2)5-12(9)14/h5-6,11,14H,3-4,7-8H2,1-2H3. The molecule has 1 aliphatic heterocycles. The van der Waals surface area contributed by atoms with Crippen LogP contribution >= 0.6 is 0 Å². The van der Waals surface area contributed by atoms with Gasteiger partial charge in [0.2, 0.25) is 0 Å². The number of phenols is 1. The van der Waals surface area contributed by atoms with E-state index in [0.717, 1.165) is 36.3 Å². The van der Waals surface area contributed by atoms with Crippen molar-refractivity contribution in [2.45, 2.75) is 32.8 Å². The number of aryl methyl sites for hydroxylation is 2. The zero-order chi connectivity index (χ0) is 11.5. The molecule has 1 unspecified atom stereocenters. The maximum Gasteiger partial charge on any atom is 0.123 e. The van der Waals surface area contributed by atoms with Gasteiger partial charge in [0, 0.05) is 0 Å². The van der Waals surface area contributed by atoms with Crippen LogP contribution in [0, 0.1) is 0 Å². The number of phenolic OH excluding ortho intramolecular Hbond substituents is 1. The Bertz CT molecular complexity index is 370. The van der Waals surface area contributed by atoms with Crippen molar-refractivity contribution in [1.82, 2.24) is 0 Å². The van der Waals surface area contributed by atoms with Gasteiger partial charge in [0.1, 0.15) is 24.2 Å². The maximum absolute atomic E-state index is 9.76. The smallest absolute Gasteiger partial charge is 0.123 e. The average Bonchev–Trinajstić information content (AvgIpc) is 3.10. The molecular formula is C13H18O3. The van der Waals surface area contributed by atoms with E-state index in [0.29, 0.717) is 12.4 Å². The second-order valence-electron chi connectivity index (χ2n) is 4.06. The molecule has 2 rings (SSSR count). The highest BCUT2D eigenvalue weighted by Gasteiger charge is 2.23. The van der Waals surface area contributed by atoms with Gasteiger partial charge in [-0.2, -0.15) is 0 Å². The maximum atomic E-state index is 9.76. The summed E-state index contributed by atoms with van der Waals surface area (Å²) in [5.74, 6) is 1.25. The fourth-order valence-corrected chi connectivity index (χ4v) is 1.69. The summed E-state index contributed by atoms with van der Waals surface area (Å²) in [5.41, 5.74) is 1.99. The number of hydrogen-bond acceptors (Lipinski definition) is 3. The first-order valence-corrected chi connectivity index (χ1v) is 5.83. The van der Waals surface area contributed by atoms with Gasteiger partial charge in [0.25, 0.3) is 0 Å². The van der Waals surface area contributed by atoms with Crippen LogP contribution in [0.2, 0.25) is 0 Å². The molecule has 1 heterocycles. The fourth-order valence-electron chi connectivity index (χ4n) is 1.69. The fraction of sp³-hybridized carbons (Fsp3) is 0.538. The summed E-state index contributed by atoms with van der Waals surface area (Å²) in [6, 6.07) is 3.75. The second-order valence-corrected chi connectivity index (χ2v) is 4.06. The normalized spacial score (nSPS) is 18.5. The Morgan fingerprint density at radius 3 is 2.56 bits per heavy atom. The summed E-state index contributed by atoms with van der Waals surface area (Å²) in [4.78, 5) is 0. The van der Waals surface area contributed by atoms with Crippen LogP contribution in [0.5, 0.6) is 11.5 Å². The van der Waals surface area contributed by atoms with E-state index in [1.54, 1.807) is 0 Å². The summed E-state index contributed by atoms with van der Waals surface area (Å²) in [7, 11) is 0. The Balaban J connectivity index is 2.17. The van der Waals surface area contributed by atoms with E-state index in [2.05, 4.69) is 6.92 Å². The molecule has 3 nitrogen and oxygen atoms in total. The Kier molecular flexibility index (Phi) is 3.34. The number of benzene rings is 1. The number of epoxide rings is 1. The lowest BCUT2D eigenvalue weighted by atomic mass is 10.1. The molecule has 1 atom stereocenters. The highest BCUT2D eigenvalue weighted by atomic mass is 16.6. The average molecular weight is 222 g/mol. The third kappa shape index (κ3) is 2.47. The number of ether oxygens (including phenoxy) is 2. The minimum atomic E-state index is 0.267. The quantitative estimate of drug-likeness (QED) is 0.777. The lowest BCUT2D eigenvalue weighted by Gasteiger charge is -2.12. The summed E-state index contributed by atoms with van der Waals surface area (Å²) in [6.07, 6.45) is 1.94. The Morgan fingerprint density at radius 2 is 2.00 bits per heavy atom. The molecular weight excluding hydrogens is 204 g/mol. The van der Waals surface area contributed by atoms with Crippen LogP contribution in [0.1, 0.15) is 25.0 Å². The predicted molar refractivity (Wildman–Crippen MR) is 62.1 cm³/mol. The van der Waals surface area contributed by atoms with Gasteiger partial charge < -0.3 is 14.6 Å². The van der Waals surface area contributed by atoms with Crippen LogP contribution in [-0.2, 0) is 17.6 Å². The first-order valence-electron chi connectivity index (χ1n) is 5.83. The predicted octanol–water partition coefficient (Wildman–Crippen LogP) is 2.29. The molecule has 0 aromatic heterocycles. The van der Waals surface area contributed by atoms with Crippen molar-refractivity contribution >= 4 is 0 Å². The van der Waals surface area contributed by atoms with Gasteiger partial charge in [-0.1, -0.05) is 13.8 Å². The third-order valence-electron chi connectivity index (χ3n) is 2.85. The van der Waals surface area contributed by atoms with Gasteiger partial charge in [-0.3, -0.25) is 0 Å². The molecule has 1 aromatic carbocycles. The monoisotopic (exact) mass is 222 g/mol. The van der Waals surface area contributed by atoms with Crippen molar-refractivity contribution in [1.29, 1.82) is 0 Å². The van der Waals surface area contributed by atoms with E-state index in [4.69, 9.17) is 9.47 Å². The van der Waals surface area contributed by atoms with Gasteiger partial charge >= 0.3 is 0 Å². The van der Waals surface area contributed by atoms with Crippen molar-refractivity contribution in [2.24, 2.45) is 0 Å². The van der Waals surface area contributed by atoms with Gasteiger partial charge in [0.05, 0.1) is 6.61 Å². The van der Waals surface area contributed by atoms with Gasteiger partial charge in [0.15, 0.2) is 0 Å². The zero-order valence-electron chi connectivity index (χ0n) is 9.82. The topological polar surface area (TPSA) is 42.0 Å². The third-order valence-corrected chi connectivity index (χ3v) is 2.85. The lowest BCUT2D eigenvalue weighted by molar-refractivity contribution is 0.260. The molecule has 1 fully saturated rings. The highest BCUT2D eigenvalue weighted by Crippen LogP contribution is 2.29. The zero-order valence-corrected chi connectivity index (χ0v) is 9.82. The molecule has 1 saturated heterocycles. The van der Waals surface area contributed by atoms with E-state index in [1.807, 2.05) is 19.1 Å². The van der Waals surface area contributed by atoms with Gasteiger partial charge in [-0.25, -0.2) is 0 Å². The minimum Gasteiger partial charge on any atom is -0.508 e. The molecule has 0 radical (unpaired) electrons. The van der Waals surface area contributed by atoms with Crippen molar-refractivity contribution < 1.29 is 14.6 Å². The second kappa shape index (κ2) is 4.74. The van der Waals surface area contributed by atoms with Crippen molar-refractivity contribution in [2.75, 3.05) is 13.2 Å². The molecule has 1 aromatic rings. The van der Waals surface area contributed by atoms with E-state index < -0.39 is 0 Å². The summed E-state index contributed by atoms with van der Waals surface area (Å²) < 4.78 is 10.8.